The number of fused-ring (bicyclic) bond motifs is 3. The average molecular weight is 441 g/mol. The van der Waals surface area contributed by atoms with Crippen LogP contribution in [0.25, 0.3) is 16.6 Å². The van der Waals surface area contributed by atoms with Crippen LogP contribution in [-0.4, -0.2) is 32.1 Å². The normalized spacial score (nSPS) is 19.5. The first-order chi connectivity index (χ1) is 16.1. The van der Waals surface area contributed by atoms with E-state index in [-0.39, 0.29) is 5.56 Å². The van der Waals surface area contributed by atoms with Crippen molar-refractivity contribution in [1.82, 2.24) is 19.0 Å². The number of benzene rings is 1. The summed E-state index contributed by atoms with van der Waals surface area (Å²) in [5.74, 6) is 1.20. The smallest absolute Gasteiger partial charge is 0.258 e. The minimum absolute atomic E-state index is 0.102. The largest absolute Gasteiger partial charge is 0.489 e. The molecule has 0 atom stereocenters. The van der Waals surface area contributed by atoms with E-state index in [4.69, 9.17) is 4.74 Å². The molecule has 3 aliphatic heterocycles. The monoisotopic (exact) mass is 440 g/mol. The van der Waals surface area contributed by atoms with Gasteiger partial charge in [0, 0.05) is 60.3 Å². The van der Waals surface area contributed by atoms with Crippen LogP contribution in [0.2, 0.25) is 0 Å². The fraction of sp³-hybridized carbons (Fsp3) is 0.333. The number of hydrogen-bond acceptors (Lipinski definition) is 4. The van der Waals surface area contributed by atoms with Crippen LogP contribution in [0.1, 0.15) is 41.3 Å². The highest BCUT2D eigenvalue weighted by Crippen LogP contribution is 2.40. The second-order valence-electron chi connectivity index (χ2n) is 9.34. The van der Waals surface area contributed by atoms with Crippen molar-refractivity contribution in [3.8, 4) is 11.4 Å². The summed E-state index contributed by atoms with van der Waals surface area (Å²) < 4.78 is 9.88. The van der Waals surface area contributed by atoms with Crippen LogP contribution >= 0.6 is 0 Å². The molecule has 168 valence electrons. The van der Waals surface area contributed by atoms with Crippen molar-refractivity contribution in [1.29, 1.82) is 0 Å². The molecule has 0 N–H and O–H groups in total. The lowest BCUT2D eigenvalue weighted by molar-refractivity contribution is 0.220. The van der Waals surface area contributed by atoms with E-state index < -0.39 is 0 Å². The lowest BCUT2D eigenvalue weighted by Gasteiger charge is -2.27. The molecule has 0 unspecified atom stereocenters. The van der Waals surface area contributed by atoms with Crippen LogP contribution in [-0.2, 0) is 20.2 Å². The second kappa shape index (κ2) is 7.89. The predicted octanol–water partition coefficient (Wildman–Crippen LogP) is 4.30. The molecule has 3 aromatic heterocycles. The predicted molar refractivity (Wildman–Crippen MR) is 129 cm³/mol. The summed E-state index contributed by atoms with van der Waals surface area (Å²) in [6.45, 7) is 5.77. The number of ether oxygens (including phenoxy) is 1. The molecule has 6 nitrogen and oxygen atoms in total. The Bertz CT molecular complexity index is 1390. The van der Waals surface area contributed by atoms with E-state index in [2.05, 4.69) is 39.7 Å². The average Bonchev–Trinajstić information content (AvgIpc) is 2.97. The number of aryl methyl sites for hydroxylation is 2. The van der Waals surface area contributed by atoms with Crippen molar-refractivity contribution in [2.75, 3.05) is 13.1 Å². The van der Waals surface area contributed by atoms with Gasteiger partial charge in [-0.3, -0.25) is 19.2 Å². The summed E-state index contributed by atoms with van der Waals surface area (Å²) in [4.78, 5) is 19.8. The lowest BCUT2D eigenvalue weighted by atomic mass is 9.94. The number of pyridine rings is 2. The zero-order chi connectivity index (χ0) is 22.5. The Morgan fingerprint density at radius 1 is 1.09 bits per heavy atom. The van der Waals surface area contributed by atoms with Crippen molar-refractivity contribution in [2.45, 2.75) is 38.8 Å². The van der Waals surface area contributed by atoms with Gasteiger partial charge >= 0.3 is 0 Å². The Morgan fingerprint density at radius 2 is 1.94 bits per heavy atom. The molecule has 2 bridgehead atoms. The minimum atomic E-state index is -0.102. The minimum Gasteiger partial charge on any atom is -0.489 e. The first-order valence-electron chi connectivity index (χ1n) is 11.7. The van der Waals surface area contributed by atoms with E-state index in [0.717, 1.165) is 23.5 Å². The maximum absolute atomic E-state index is 12.9. The quantitative estimate of drug-likeness (QED) is 0.475. The highest BCUT2D eigenvalue weighted by Gasteiger charge is 2.31. The zero-order valence-electron chi connectivity index (χ0n) is 19.1. The van der Waals surface area contributed by atoms with Crippen LogP contribution in [0.3, 0.4) is 0 Å². The van der Waals surface area contributed by atoms with Gasteiger partial charge in [0.2, 0.25) is 0 Å². The number of nitrogens with zero attached hydrogens (tertiary/aromatic N) is 4. The Morgan fingerprint density at radius 3 is 2.70 bits per heavy atom. The van der Waals surface area contributed by atoms with Gasteiger partial charge in [-0.15, -0.1) is 0 Å². The molecule has 33 heavy (non-hydrogen) atoms. The maximum atomic E-state index is 12.9. The van der Waals surface area contributed by atoms with Gasteiger partial charge in [-0.25, -0.2) is 0 Å². The van der Waals surface area contributed by atoms with Crippen LogP contribution in [0.15, 0.2) is 59.7 Å². The van der Waals surface area contributed by atoms with Crippen LogP contribution in [0, 0.1) is 6.92 Å². The van der Waals surface area contributed by atoms with Gasteiger partial charge in [0.25, 0.3) is 5.56 Å². The maximum Gasteiger partial charge on any atom is 0.258 e. The third-order valence-electron chi connectivity index (χ3n) is 7.24. The van der Waals surface area contributed by atoms with Gasteiger partial charge in [0.1, 0.15) is 12.4 Å². The van der Waals surface area contributed by atoms with Crippen LogP contribution < -0.4 is 10.3 Å². The third kappa shape index (κ3) is 3.55. The standard InChI is InChI=1S/C27H28N4O2/c1-18-3-4-19(15-28-18)17-33-22-9-12-31(26(32)14-22)21-5-6-23-24-16-30-10-7-20(8-11-30)27(24)29(2)25(23)13-21/h3-6,9,12-15,20H,7-8,10-11,16-17H2,1-2H3. The van der Waals surface area contributed by atoms with Crippen molar-refractivity contribution in [3.05, 3.63) is 87.7 Å². The highest BCUT2D eigenvalue weighted by molar-refractivity contribution is 5.87. The van der Waals surface area contributed by atoms with Crippen molar-refractivity contribution < 1.29 is 4.74 Å². The van der Waals surface area contributed by atoms with Gasteiger partial charge < -0.3 is 9.30 Å². The van der Waals surface area contributed by atoms with Gasteiger partial charge in [-0.05, 0) is 62.7 Å². The Hall–Kier alpha value is -3.38. The Kier molecular flexibility index (Phi) is 4.84. The Balaban J connectivity index is 1.30. The molecule has 1 fully saturated rings. The molecule has 0 aliphatic carbocycles. The molecular formula is C27H28N4O2. The first kappa shape index (κ1) is 20.2. The van der Waals surface area contributed by atoms with E-state index in [1.807, 2.05) is 25.1 Å². The molecule has 1 saturated heterocycles. The van der Waals surface area contributed by atoms with Crippen molar-refractivity contribution in [3.63, 3.8) is 0 Å². The fourth-order valence-electron chi connectivity index (χ4n) is 5.46. The number of rotatable bonds is 4. The molecule has 3 aliphatic rings. The van der Waals surface area contributed by atoms with Gasteiger partial charge in [-0.2, -0.15) is 0 Å². The number of piperidine rings is 1. The summed E-state index contributed by atoms with van der Waals surface area (Å²) in [7, 11) is 2.18. The molecule has 4 aromatic rings. The van der Waals surface area contributed by atoms with Crippen LogP contribution in [0.5, 0.6) is 5.75 Å². The topological polar surface area (TPSA) is 52.3 Å². The van der Waals surface area contributed by atoms with E-state index in [0.29, 0.717) is 18.3 Å². The van der Waals surface area contributed by atoms with Gasteiger partial charge in [0.05, 0.1) is 11.2 Å². The molecule has 6 heteroatoms. The molecule has 0 spiro atoms. The molecule has 0 radical (unpaired) electrons. The second-order valence-corrected chi connectivity index (χ2v) is 9.34. The van der Waals surface area contributed by atoms with E-state index in [1.165, 1.54) is 48.1 Å². The SMILES string of the molecule is Cc1ccc(COc2ccn(-c3ccc4c5c(n(C)c4c3)C3CCN(CC3)C5)c(=O)c2)cn1. The molecular weight excluding hydrogens is 412 g/mol. The summed E-state index contributed by atoms with van der Waals surface area (Å²) in [5, 5.41) is 1.31. The van der Waals surface area contributed by atoms with Crippen molar-refractivity contribution >= 4 is 10.9 Å². The summed E-state index contributed by atoms with van der Waals surface area (Å²) in [6.07, 6.45) is 6.08. The number of hydrogen-bond donors (Lipinski definition) is 0. The van der Waals surface area contributed by atoms with Crippen molar-refractivity contribution in [2.24, 2.45) is 7.05 Å². The summed E-state index contributed by atoms with van der Waals surface area (Å²) in [6, 6.07) is 13.7. The van der Waals surface area contributed by atoms with E-state index in [1.54, 1.807) is 23.0 Å². The molecule has 6 heterocycles. The number of aromatic nitrogens is 3. The third-order valence-corrected chi connectivity index (χ3v) is 7.24. The lowest BCUT2D eigenvalue weighted by Crippen LogP contribution is -2.29. The van der Waals surface area contributed by atoms with E-state index >= 15 is 0 Å². The molecule has 0 saturated carbocycles. The zero-order valence-corrected chi connectivity index (χ0v) is 19.1. The summed E-state index contributed by atoms with van der Waals surface area (Å²) >= 11 is 0. The molecule has 1 aromatic carbocycles. The first-order valence-corrected chi connectivity index (χ1v) is 11.7. The highest BCUT2D eigenvalue weighted by atomic mass is 16.5. The molecule has 7 rings (SSSR count). The Labute approximate surface area is 193 Å². The molecule has 0 amide bonds. The fourth-order valence-corrected chi connectivity index (χ4v) is 5.46. The van der Waals surface area contributed by atoms with Gasteiger partial charge in [0.15, 0.2) is 0 Å². The summed E-state index contributed by atoms with van der Waals surface area (Å²) in [5.41, 5.74) is 6.88. The van der Waals surface area contributed by atoms with E-state index in [9.17, 15) is 4.79 Å². The van der Waals surface area contributed by atoms with Crippen LogP contribution in [0.4, 0.5) is 0 Å². The van der Waals surface area contributed by atoms with Gasteiger partial charge in [-0.1, -0.05) is 12.1 Å².